The summed E-state index contributed by atoms with van der Waals surface area (Å²) in [5.41, 5.74) is 5.29. The maximum Gasteiger partial charge on any atom is 0.247 e. The third-order valence-corrected chi connectivity index (χ3v) is 5.27. The number of H-pyrrole nitrogens is 1. The summed E-state index contributed by atoms with van der Waals surface area (Å²) in [6.45, 7) is 2.54. The molecule has 29 heavy (non-hydrogen) atoms. The van der Waals surface area contributed by atoms with Gasteiger partial charge in [0, 0.05) is 12.3 Å². The van der Waals surface area contributed by atoms with E-state index in [0.717, 1.165) is 22.2 Å². The minimum atomic E-state index is -0.308. The Hall–Kier alpha value is -3.38. The summed E-state index contributed by atoms with van der Waals surface area (Å²) in [6.07, 6.45) is 2.18. The van der Waals surface area contributed by atoms with Crippen LogP contribution >= 0.6 is 0 Å². The molecule has 0 bridgehead atoms. The molecule has 4 aromatic rings. The van der Waals surface area contributed by atoms with Gasteiger partial charge in [0.1, 0.15) is 0 Å². The zero-order valence-electron chi connectivity index (χ0n) is 16.3. The second-order valence-corrected chi connectivity index (χ2v) is 7.36. The molecule has 0 saturated heterocycles. The fourth-order valence-electron chi connectivity index (χ4n) is 3.74. The van der Waals surface area contributed by atoms with Gasteiger partial charge in [-0.05, 0) is 36.6 Å². The monoisotopic (exact) mass is 388 g/mol. The first-order valence-corrected chi connectivity index (χ1v) is 9.65. The molecule has 0 radical (unpaired) electrons. The Balaban J connectivity index is 1.78. The van der Waals surface area contributed by atoms with E-state index < -0.39 is 0 Å². The molecule has 6 heteroatoms. The molecular weight excluding hydrogens is 364 g/mol. The van der Waals surface area contributed by atoms with Crippen LogP contribution in [0.1, 0.15) is 22.7 Å². The van der Waals surface area contributed by atoms with Gasteiger partial charge in [-0.15, -0.1) is 0 Å². The molecule has 2 aromatic carbocycles. The molecule has 6 nitrogen and oxygen atoms in total. The van der Waals surface area contributed by atoms with Crippen LogP contribution in [0, 0.1) is 12.3 Å². The zero-order chi connectivity index (χ0) is 20.4. The van der Waals surface area contributed by atoms with Crippen molar-refractivity contribution in [2.24, 2.45) is 0 Å². The average Bonchev–Trinajstić information content (AvgIpc) is 3.01. The minimum Gasteiger partial charge on any atom is -0.394 e. The lowest BCUT2D eigenvalue weighted by atomic mass is 10.1. The fraction of sp³-hybridized carbons (Fsp3) is 0.217. The minimum absolute atomic E-state index is 0.103. The number of benzene rings is 2. The van der Waals surface area contributed by atoms with E-state index in [-0.39, 0.29) is 18.2 Å². The smallest absolute Gasteiger partial charge is 0.247 e. The van der Waals surface area contributed by atoms with Crippen molar-refractivity contribution in [3.63, 3.8) is 0 Å². The first-order chi connectivity index (χ1) is 14.1. The van der Waals surface area contributed by atoms with Gasteiger partial charge in [-0.25, -0.2) is 0 Å². The van der Waals surface area contributed by atoms with Crippen molar-refractivity contribution in [2.45, 2.75) is 25.9 Å². The second-order valence-electron chi connectivity index (χ2n) is 7.36. The Labute approximate surface area is 168 Å². The highest BCUT2D eigenvalue weighted by Crippen LogP contribution is 2.21. The molecule has 0 saturated carbocycles. The highest BCUT2D eigenvalue weighted by molar-refractivity contribution is 5.76. The summed E-state index contributed by atoms with van der Waals surface area (Å²) >= 11 is 0. The second kappa shape index (κ2) is 7.93. The molecule has 0 aliphatic rings. The van der Waals surface area contributed by atoms with Crippen LogP contribution in [0.5, 0.6) is 0 Å². The number of aryl methyl sites for hydroxylation is 1. The number of hydrogen-bond donors (Lipinski definition) is 3. The fourth-order valence-corrected chi connectivity index (χ4v) is 3.74. The van der Waals surface area contributed by atoms with Crippen molar-refractivity contribution in [1.82, 2.24) is 14.1 Å². The van der Waals surface area contributed by atoms with Gasteiger partial charge in [-0.2, -0.15) is 0 Å². The standard InChI is InChI=1S/C23H24N4O2/c1-16-6-8-17(9-7-16)14-26-20-4-2-3-5-21(20)27(23(26)24)19(15-28)12-18-10-11-22(29)25-13-18/h2-11,13,19,24,28H,12,14-15H2,1H3,(H,25,29). The van der Waals surface area contributed by atoms with Gasteiger partial charge in [0.05, 0.1) is 30.2 Å². The van der Waals surface area contributed by atoms with Gasteiger partial charge < -0.3 is 19.2 Å². The van der Waals surface area contributed by atoms with Gasteiger partial charge in [0.15, 0.2) is 0 Å². The number of rotatable bonds is 6. The van der Waals surface area contributed by atoms with Gasteiger partial charge in [0.25, 0.3) is 0 Å². The van der Waals surface area contributed by atoms with Gasteiger partial charge >= 0.3 is 0 Å². The van der Waals surface area contributed by atoms with E-state index in [1.807, 2.05) is 33.4 Å². The van der Waals surface area contributed by atoms with E-state index in [4.69, 9.17) is 5.41 Å². The van der Waals surface area contributed by atoms with E-state index in [1.165, 1.54) is 11.6 Å². The highest BCUT2D eigenvalue weighted by atomic mass is 16.3. The van der Waals surface area contributed by atoms with Crippen molar-refractivity contribution < 1.29 is 5.11 Å². The van der Waals surface area contributed by atoms with Crippen molar-refractivity contribution in [3.8, 4) is 0 Å². The van der Waals surface area contributed by atoms with Crippen LogP contribution in [0.2, 0.25) is 0 Å². The summed E-state index contributed by atoms with van der Waals surface area (Å²) in [5, 5.41) is 19.0. The average molecular weight is 388 g/mol. The molecule has 0 aliphatic carbocycles. The molecule has 148 valence electrons. The zero-order valence-corrected chi connectivity index (χ0v) is 16.3. The van der Waals surface area contributed by atoms with Crippen LogP contribution in [0.25, 0.3) is 11.0 Å². The number of aliphatic hydroxyl groups excluding tert-OH is 1. The van der Waals surface area contributed by atoms with Crippen LogP contribution in [0.4, 0.5) is 0 Å². The number of nitrogens with zero attached hydrogens (tertiary/aromatic N) is 2. The lowest BCUT2D eigenvalue weighted by Gasteiger charge is -2.17. The lowest BCUT2D eigenvalue weighted by molar-refractivity contribution is 0.225. The van der Waals surface area contributed by atoms with E-state index in [0.29, 0.717) is 18.6 Å². The highest BCUT2D eigenvalue weighted by Gasteiger charge is 2.19. The summed E-state index contributed by atoms with van der Waals surface area (Å²) in [4.78, 5) is 14.0. The third kappa shape index (κ3) is 3.79. The predicted molar refractivity (Wildman–Crippen MR) is 113 cm³/mol. The lowest BCUT2D eigenvalue weighted by Crippen LogP contribution is -2.30. The molecule has 0 spiro atoms. The number of aromatic nitrogens is 3. The Morgan fingerprint density at radius 1 is 1.00 bits per heavy atom. The first-order valence-electron chi connectivity index (χ1n) is 9.65. The van der Waals surface area contributed by atoms with E-state index in [9.17, 15) is 9.90 Å². The van der Waals surface area contributed by atoms with Crippen molar-refractivity contribution in [3.05, 3.63) is 99.5 Å². The van der Waals surface area contributed by atoms with Crippen LogP contribution in [-0.4, -0.2) is 25.8 Å². The molecule has 1 unspecified atom stereocenters. The van der Waals surface area contributed by atoms with Crippen LogP contribution in [0.3, 0.4) is 0 Å². The summed E-state index contributed by atoms with van der Waals surface area (Å²) in [7, 11) is 0. The number of aliphatic hydroxyl groups is 1. The van der Waals surface area contributed by atoms with Crippen LogP contribution in [-0.2, 0) is 13.0 Å². The first kappa shape index (κ1) is 19.0. The Morgan fingerprint density at radius 2 is 1.69 bits per heavy atom. The molecule has 2 heterocycles. The van der Waals surface area contributed by atoms with E-state index in [2.05, 4.69) is 36.2 Å². The number of hydrogen-bond acceptors (Lipinski definition) is 3. The summed E-state index contributed by atoms with van der Waals surface area (Å²) in [5.74, 6) is 0. The maximum atomic E-state index is 11.3. The van der Waals surface area contributed by atoms with Crippen molar-refractivity contribution >= 4 is 11.0 Å². The van der Waals surface area contributed by atoms with E-state index in [1.54, 1.807) is 12.3 Å². The molecule has 0 fully saturated rings. The van der Waals surface area contributed by atoms with Gasteiger partial charge in [0.2, 0.25) is 11.2 Å². The molecule has 2 aromatic heterocycles. The molecule has 0 aliphatic heterocycles. The van der Waals surface area contributed by atoms with Gasteiger partial charge in [-0.1, -0.05) is 48.0 Å². The molecule has 3 N–H and O–H groups in total. The molecule has 1 atom stereocenters. The van der Waals surface area contributed by atoms with Crippen LogP contribution in [0.15, 0.2) is 71.7 Å². The number of fused-ring (bicyclic) bond motifs is 1. The SMILES string of the molecule is Cc1ccc(Cn2c(=N)n(C(CO)Cc3ccc(=O)[nH]c3)c3ccccc32)cc1. The Morgan fingerprint density at radius 3 is 2.34 bits per heavy atom. The van der Waals surface area contributed by atoms with Crippen LogP contribution < -0.4 is 11.2 Å². The van der Waals surface area contributed by atoms with Gasteiger partial charge in [-0.3, -0.25) is 10.2 Å². The molecular formula is C23H24N4O2. The molecule has 4 rings (SSSR count). The maximum absolute atomic E-state index is 11.3. The predicted octanol–water partition coefficient (Wildman–Crippen LogP) is 2.74. The normalized spacial score (nSPS) is 12.3. The Bertz CT molecular complexity index is 1230. The van der Waals surface area contributed by atoms with Crippen molar-refractivity contribution in [1.29, 1.82) is 5.41 Å². The van der Waals surface area contributed by atoms with E-state index >= 15 is 0 Å². The topological polar surface area (TPSA) is 86.8 Å². The van der Waals surface area contributed by atoms with Crippen molar-refractivity contribution in [2.75, 3.05) is 6.61 Å². The summed E-state index contributed by atoms with van der Waals surface area (Å²) < 4.78 is 3.85. The number of imidazole rings is 1. The number of para-hydroxylation sites is 2. The summed E-state index contributed by atoms with van der Waals surface area (Å²) in [6, 6.07) is 19.1. The number of pyridine rings is 1. The largest absolute Gasteiger partial charge is 0.394 e. The quantitative estimate of drug-likeness (QED) is 0.474. The number of nitrogens with one attached hydrogen (secondary N) is 2. The third-order valence-electron chi connectivity index (χ3n) is 5.27. The number of aromatic amines is 1. The molecule has 0 amide bonds. The Kier molecular flexibility index (Phi) is 5.18.